The Morgan fingerprint density at radius 3 is 2.39 bits per heavy atom. The van der Waals surface area contributed by atoms with Gasteiger partial charge in [0.05, 0.1) is 28.8 Å². The van der Waals surface area contributed by atoms with Crippen LogP contribution in [-0.4, -0.2) is 42.5 Å². The van der Waals surface area contributed by atoms with E-state index in [1.54, 1.807) is 0 Å². The molecule has 0 saturated heterocycles. The van der Waals surface area contributed by atoms with Crippen LogP contribution < -0.4 is 0 Å². The van der Waals surface area contributed by atoms with Crippen molar-refractivity contribution in [3.63, 3.8) is 0 Å². The van der Waals surface area contributed by atoms with Crippen molar-refractivity contribution in [3.8, 4) is 6.07 Å². The molecule has 31 heavy (non-hydrogen) atoms. The van der Waals surface area contributed by atoms with E-state index in [2.05, 4.69) is 0 Å². The van der Waals surface area contributed by atoms with E-state index in [4.69, 9.17) is 32.4 Å². The van der Waals surface area contributed by atoms with E-state index in [0.29, 0.717) is 5.56 Å². The average Bonchev–Trinajstić information content (AvgIpc) is 3.42. The summed E-state index contributed by atoms with van der Waals surface area (Å²) in [5.41, 5.74) is -1.30. The molecule has 0 aliphatic carbocycles. The van der Waals surface area contributed by atoms with Crippen LogP contribution in [0.5, 0.6) is 0 Å². The molecule has 0 N–H and O–H groups in total. The van der Waals surface area contributed by atoms with Gasteiger partial charge in [-0.2, -0.15) is 5.26 Å². The van der Waals surface area contributed by atoms with Gasteiger partial charge in [0.1, 0.15) is 20.0 Å². The molecular weight excluding hydrogens is 456 g/mol. The van der Waals surface area contributed by atoms with Crippen LogP contribution in [0.15, 0.2) is 58.3 Å². The predicted octanol–water partition coefficient (Wildman–Crippen LogP) is 5.18. The van der Waals surface area contributed by atoms with Crippen molar-refractivity contribution in [2.24, 2.45) is 0 Å². The summed E-state index contributed by atoms with van der Waals surface area (Å²) < 4.78 is 50.2. The van der Waals surface area contributed by atoms with Crippen molar-refractivity contribution in [2.45, 2.75) is 16.3 Å². The Bertz CT molecular complexity index is 980. The first-order valence-electron chi connectivity index (χ1n) is 9.08. The first-order valence-corrected chi connectivity index (χ1v) is 9.83. The maximum atomic E-state index is 13.3. The third-order valence-electron chi connectivity index (χ3n) is 5.17. The van der Waals surface area contributed by atoms with E-state index in [-0.39, 0.29) is 23.1 Å². The van der Waals surface area contributed by atoms with Crippen molar-refractivity contribution >= 4 is 29.2 Å². The number of halogens is 5. The molecule has 0 bridgehead atoms. The summed E-state index contributed by atoms with van der Waals surface area (Å²) in [5.74, 6) is -0.737. The molecule has 5 nitrogen and oxygen atoms in total. The highest BCUT2D eigenvalue weighted by atomic mass is 35.5. The Hall–Kier alpha value is -2.63. The van der Waals surface area contributed by atoms with Gasteiger partial charge in [0.15, 0.2) is 11.6 Å². The zero-order valence-corrected chi connectivity index (χ0v) is 17.5. The van der Waals surface area contributed by atoms with Crippen LogP contribution in [-0.2, 0) is 10.2 Å². The molecule has 164 valence electrons. The van der Waals surface area contributed by atoms with Gasteiger partial charge in [-0.15, -0.1) is 0 Å². The normalized spacial score (nSPS) is 21.0. The van der Waals surface area contributed by atoms with Crippen molar-refractivity contribution in [1.29, 1.82) is 5.26 Å². The Labute approximate surface area is 186 Å². The summed E-state index contributed by atoms with van der Waals surface area (Å²) in [6.45, 7) is -3.92. The quantitative estimate of drug-likeness (QED) is 0.391. The Morgan fingerprint density at radius 1 is 1.23 bits per heavy atom. The van der Waals surface area contributed by atoms with Gasteiger partial charge in [-0.3, -0.25) is 0 Å². The van der Waals surface area contributed by atoms with E-state index in [1.165, 1.54) is 53.8 Å². The Kier molecular flexibility index (Phi) is 6.87. The number of benzene rings is 1. The first kappa shape index (κ1) is 23.0. The van der Waals surface area contributed by atoms with E-state index >= 15 is 0 Å². The smallest absolute Gasteiger partial charge is 0.375 e. The zero-order valence-electron chi connectivity index (χ0n) is 16.0. The van der Waals surface area contributed by atoms with E-state index in [9.17, 15) is 23.2 Å². The molecule has 0 spiro atoms. The molecule has 1 aliphatic rings. The van der Waals surface area contributed by atoms with Crippen LogP contribution in [0.2, 0.25) is 0 Å². The number of alkyl halides is 4. The minimum Gasteiger partial charge on any atom is -0.457 e. The highest BCUT2D eigenvalue weighted by Crippen LogP contribution is 2.49. The molecule has 2 atom stereocenters. The number of rotatable bonds is 8. The minimum atomic E-state index is -1.88. The lowest BCUT2D eigenvalue weighted by Gasteiger charge is -2.32. The summed E-state index contributed by atoms with van der Waals surface area (Å²) in [7, 11) is 0. The standard InChI is InChI=1S/C21H17Cl2F3N2O3/c22-17-8-28(13-31-19(29)16-2-1-7-30-16)18(21(17,23)12-27)14-3-5-15(6-4-14)20(9-24,10-25)11-26/h1-8,18H,9-11,13H2. The van der Waals surface area contributed by atoms with Gasteiger partial charge in [-0.25, -0.2) is 18.0 Å². The van der Waals surface area contributed by atoms with Crippen LogP contribution in [0, 0.1) is 11.3 Å². The second-order valence-corrected chi connectivity index (χ2v) is 8.06. The summed E-state index contributed by atoms with van der Waals surface area (Å²) in [6, 6.07) is 9.73. The topological polar surface area (TPSA) is 66.5 Å². The molecule has 3 rings (SSSR count). The molecule has 0 amide bonds. The number of furan rings is 1. The highest BCUT2D eigenvalue weighted by molar-refractivity contribution is 6.41. The number of esters is 1. The first-order chi connectivity index (χ1) is 14.8. The number of ether oxygens (including phenoxy) is 1. The van der Waals surface area contributed by atoms with Crippen LogP contribution in [0.25, 0.3) is 0 Å². The van der Waals surface area contributed by atoms with Crippen molar-refractivity contribution in [2.75, 3.05) is 26.8 Å². The van der Waals surface area contributed by atoms with Gasteiger partial charge >= 0.3 is 5.97 Å². The lowest BCUT2D eigenvalue weighted by molar-refractivity contribution is 0.0217. The lowest BCUT2D eigenvalue weighted by atomic mass is 9.83. The Morgan fingerprint density at radius 2 is 1.87 bits per heavy atom. The number of hydrogen-bond donors (Lipinski definition) is 0. The van der Waals surface area contributed by atoms with Gasteiger partial charge in [-0.1, -0.05) is 47.5 Å². The molecule has 10 heteroatoms. The van der Waals surface area contributed by atoms with Crippen molar-refractivity contribution in [3.05, 3.63) is 70.8 Å². The van der Waals surface area contributed by atoms with Gasteiger partial charge < -0.3 is 14.1 Å². The molecule has 1 aromatic heterocycles. The maximum absolute atomic E-state index is 13.3. The Balaban J connectivity index is 1.88. The molecule has 2 heterocycles. The predicted molar refractivity (Wildman–Crippen MR) is 108 cm³/mol. The van der Waals surface area contributed by atoms with E-state index in [0.717, 1.165) is 0 Å². The summed E-state index contributed by atoms with van der Waals surface area (Å²) >= 11 is 12.7. The van der Waals surface area contributed by atoms with E-state index in [1.807, 2.05) is 6.07 Å². The monoisotopic (exact) mass is 472 g/mol. The molecule has 2 aromatic rings. The van der Waals surface area contributed by atoms with E-state index < -0.39 is 42.3 Å². The number of carbonyl (C=O) groups is 1. The molecule has 0 radical (unpaired) electrons. The fraction of sp³-hybridized carbons (Fsp3) is 0.333. The zero-order chi connectivity index (χ0) is 22.6. The molecule has 0 fully saturated rings. The lowest BCUT2D eigenvalue weighted by Crippen LogP contribution is -2.36. The van der Waals surface area contributed by atoms with Crippen LogP contribution in [0.4, 0.5) is 13.2 Å². The number of carbonyl (C=O) groups excluding carboxylic acids is 1. The SMILES string of the molecule is N#CC1(Cl)C(Cl)=CN(COC(=O)c2ccco2)C1c1ccc(C(CF)(CF)CF)cc1. The average molecular weight is 473 g/mol. The number of nitrogens with zero attached hydrogens (tertiary/aromatic N) is 2. The van der Waals surface area contributed by atoms with Crippen LogP contribution >= 0.6 is 23.2 Å². The van der Waals surface area contributed by atoms with Gasteiger partial charge in [0, 0.05) is 6.20 Å². The fourth-order valence-electron chi connectivity index (χ4n) is 3.28. The third-order valence-corrected chi connectivity index (χ3v) is 6.16. The highest BCUT2D eigenvalue weighted by Gasteiger charge is 2.49. The molecule has 1 aromatic carbocycles. The molecule has 1 aliphatic heterocycles. The molecule has 0 saturated carbocycles. The maximum Gasteiger partial charge on any atom is 0.375 e. The minimum absolute atomic E-state index is 0.00501. The second kappa shape index (κ2) is 9.25. The number of nitriles is 1. The van der Waals surface area contributed by atoms with Gasteiger partial charge in [0.25, 0.3) is 0 Å². The van der Waals surface area contributed by atoms with Crippen LogP contribution in [0.1, 0.15) is 27.7 Å². The summed E-state index contributed by atoms with van der Waals surface area (Å²) in [4.78, 5) is 11.8. The summed E-state index contributed by atoms with van der Waals surface area (Å²) in [5, 5.41) is 9.67. The van der Waals surface area contributed by atoms with Crippen LogP contribution in [0.3, 0.4) is 0 Å². The third kappa shape index (κ3) is 4.12. The molecular formula is C21H17Cl2F3N2O3. The fourth-order valence-corrected chi connectivity index (χ4v) is 3.85. The van der Waals surface area contributed by atoms with Gasteiger partial charge in [0.2, 0.25) is 5.76 Å². The van der Waals surface area contributed by atoms with Crippen molar-refractivity contribution < 1.29 is 27.1 Å². The van der Waals surface area contributed by atoms with Gasteiger partial charge in [-0.05, 0) is 23.3 Å². The van der Waals surface area contributed by atoms with Crippen molar-refractivity contribution in [1.82, 2.24) is 4.90 Å². The summed E-state index contributed by atoms with van der Waals surface area (Å²) in [6.07, 6.45) is 2.69. The second-order valence-electron chi connectivity index (χ2n) is 7.06. The number of hydrogen-bond acceptors (Lipinski definition) is 5. The molecule has 2 unspecified atom stereocenters. The largest absolute Gasteiger partial charge is 0.457 e.